The number of carbonyl (C=O) groups is 1. The Bertz CT molecular complexity index is 375. The zero-order chi connectivity index (χ0) is 14.2. The normalized spacial score (nSPS) is 36.9. The van der Waals surface area contributed by atoms with Crippen molar-refractivity contribution in [1.82, 2.24) is 0 Å². The standard InChI is InChI=1S/C16H24F2O/c1-9(7-15(17)18)14-5-4-12-8-13(19)6-10(2)16(12)11(14)3/h8-11,14-16H,4-7H2,1-3H3/t9?,10-,11+,14+,16?/m1/s1. The van der Waals surface area contributed by atoms with Crippen LogP contribution in [-0.2, 0) is 4.79 Å². The van der Waals surface area contributed by atoms with Crippen molar-refractivity contribution in [1.29, 1.82) is 0 Å². The van der Waals surface area contributed by atoms with Gasteiger partial charge in [-0.05, 0) is 48.5 Å². The molecule has 0 bridgehead atoms. The Morgan fingerprint density at radius 3 is 2.68 bits per heavy atom. The number of allylic oxidation sites excluding steroid dienone is 2. The van der Waals surface area contributed by atoms with Gasteiger partial charge < -0.3 is 0 Å². The number of fused-ring (bicyclic) bond motifs is 1. The van der Waals surface area contributed by atoms with Crippen LogP contribution in [0.1, 0.15) is 46.5 Å². The first kappa shape index (κ1) is 14.7. The van der Waals surface area contributed by atoms with Crippen molar-refractivity contribution in [2.75, 3.05) is 0 Å². The summed E-state index contributed by atoms with van der Waals surface area (Å²) < 4.78 is 25.1. The molecule has 2 aliphatic carbocycles. The van der Waals surface area contributed by atoms with E-state index in [1.165, 1.54) is 5.57 Å². The van der Waals surface area contributed by atoms with Crippen LogP contribution in [0.25, 0.3) is 0 Å². The fourth-order valence-electron chi connectivity index (χ4n) is 4.39. The Hall–Kier alpha value is -0.730. The summed E-state index contributed by atoms with van der Waals surface area (Å²) in [7, 11) is 0. The van der Waals surface area contributed by atoms with Gasteiger partial charge in [-0.1, -0.05) is 26.3 Å². The molecule has 0 amide bonds. The van der Waals surface area contributed by atoms with Gasteiger partial charge in [0.15, 0.2) is 5.78 Å². The molecule has 2 unspecified atom stereocenters. The molecule has 0 heterocycles. The predicted octanol–water partition coefficient (Wildman–Crippen LogP) is 4.48. The van der Waals surface area contributed by atoms with Crippen LogP contribution in [0.4, 0.5) is 8.78 Å². The van der Waals surface area contributed by atoms with Gasteiger partial charge in [-0.15, -0.1) is 0 Å². The number of alkyl halides is 2. The number of carbonyl (C=O) groups excluding carboxylic acids is 1. The van der Waals surface area contributed by atoms with E-state index in [0.29, 0.717) is 30.1 Å². The molecule has 1 fully saturated rings. The summed E-state index contributed by atoms with van der Waals surface area (Å²) in [4.78, 5) is 11.6. The second-order valence-corrected chi connectivity index (χ2v) is 6.56. The molecule has 19 heavy (non-hydrogen) atoms. The van der Waals surface area contributed by atoms with Crippen LogP contribution in [0.3, 0.4) is 0 Å². The Labute approximate surface area is 114 Å². The van der Waals surface area contributed by atoms with Crippen molar-refractivity contribution >= 4 is 5.78 Å². The highest BCUT2D eigenvalue weighted by atomic mass is 19.3. The molecule has 0 aliphatic heterocycles. The van der Waals surface area contributed by atoms with Gasteiger partial charge in [0.05, 0.1) is 0 Å². The number of hydrogen-bond donors (Lipinski definition) is 0. The van der Waals surface area contributed by atoms with Gasteiger partial charge in [-0.25, -0.2) is 8.78 Å². The van der Waals surface area contributed by atoms with E-state index in [-0.39, 0.29) is 18.1 Å². The summed E-state index contributed by atoms with van der Waals surface area (Å²) in [6.45, 7) is 6.28. The maximum atomic E-state index is 12.6. The molecule has 1 saturated carbocycles. The second-order valence-electron chi connectivity index (χ2n) is 6.56. The Morgan fingerprint density at radius 2 is 2.05 bits per heavy atom. The highest BCUT2D eigenvalue weighted by Gasteiger charge is 2.41. The third-order valence-electron chi connectivity index (χ3n) is 5.20. The van der Waals surface area contributed by atoms with E-state index in [4.69, 9.17) is 0 Å². The third-order valence-corrected chi connectivity index (χ3v) is 5.20. The minimum Gasteiger partial charge on any atom is -0.295 e. The number of rotatable bonds is 3. The second kappa shape index (κ2) is 5.72. The summed E-state index contributed by atoms with van der Waals surface area (Å²) in [5.74, 6) is 1.88. The average molecular weight is 270 g/mol. The van der Waals surface area contributed by atoms with Crippen LogP contribution in [0, 0.1) is 29.6 Å². The van der Waals surface area contributed by atoms with E-state index >= 15 is 0 Å². The van der Waals surface area contributed by atoms with Crippen molar-refractivity contribution in [3.63, 3.8) is 0 Å². The van der Waals surface area contributed by atoms with E-state index < -0.39 is 6.43 Å². The van der Waals surface area contributed by atoms with Gasteiger partial charge in [0.1, 0.15) is 0 Å². The fraction of sp³-hybridized carbons (Fsp3) is 0.812. The van der Waals surface area contributed by atoms with Crippen molar-refractivity contribution in [3.8, 4) is 0 Å². The van der Waals surface area contributed by atoms with Crippen molar-refractivity contribution in [2.24, 2.45) is 29.6 Å². The molecule has 5 atom stereocenters. The van der Waals surface area contributed by atoms with Gasteiger partial charge in [0.2, 0.25) is 6.43 Å². The van der Waals surface area contributed by atoms with Gasteiger partial charge in [-0.2, -0.15) is 0 Å². The lowest BCUT2D eigenvalue weighted by atomic mass is 9.60. The maximum absolute atomic E-state index is 12.6. The molecule has 108 valence electrons. The SMILES string of the molecule is CC(CC(F)F)[C@@H]1CCC2=CC(=O)C[C@@H](C)C2[C@H]1C. The summed E-state index contributed by atoms with van der Waals surface area (Å²) >= 11 is 0. The topological polar surface area (TPSA) is 17.1 Å². The van der Waals surface area contributed by atoms with Gasteiger partial charge >= 0.3 is 0 Å². The van der Waals surface area contributed by atoms with Crippen molar-refractivity contribution in [2.45, 2.75) is 52.9 Å². The fourth-order valence-corrected chi connectivity index (χ4v) is 4.39. The van der Waals surface area contributed by atoms with E-state index in [1.54, 1.807) is 0 Å². The molecule has 2 rings (SSSR count). The lowest BCUT2D eigenvalue weighted by Crippen LogP contribution is -2.38. The zero-order valence-electron chi connectivity index (χ0n) is 12.0. The van der Waals surface area contributed by atoms with Crippen molar-refractivity contribution < 1.29 is 13.6 Å². The Balaban J connectivity index is 2.13. The number of hydrogen-bond acceptors (Lipinski definition) is 1. The molecule has 3 heteroatoms. The molecule has 0 radical (unpaired) electrons. The van der Waals surface area contributed by atoms with E-state index in [2.05, 4.69) is 13.8 Å². The van der Waals surface area contributed by atoms with Gasteiger partial charge in [0.25, 0.3) is 0 Å². The highest BCUT2D eigenvalue weighted by molar-refractivity contribution is 5.91. The van der Waals surface area contributed by atoms with Crippen molar-refractivity contribution in [3.05, 3.63) is 11.6 Å². The Morgan fingerprint density at radius 1 is 1.37 bits per heavy atom. The first-order valence-electron chi connectivity index (χ1n) is 7.41. The molecular formula is C16H24F2O. The van der Waals surface area contributed by atoms with E-state index in [0.717, 1.165) is 12.8 Å². The lowest BCUT2D eigenvalue weighted by Gasteiger charge is -2.45. The molecule has 2 aliphatic rings. The molecule has 0 aromatic rings. The summed E-state index contributed by atoms with van der Waals surface area (Å²) in [6.07, 6.45) is 2.13. The quantitative estimate of drug-likeness (QED) is 0.739. The molecule has 1 nitrogen and oxygen atoms in total. The summed E-state index contributed by atoms with van der Waals surface area (Å²) in [6, 6.07) is 0. The predicted molar refractivity (Wildman–Crippen MR) is 72.0 cm³/mol. The first-order chi connectivity index (χ1) is 8.90. The average Bonchev–Trinajstić information content (AvgIpc) is 2.26. The largest absolute Gasteiger partial charge is 0.295 e. The van der Waals surface area contributed by atoms with Crippen LogP contribution in [0.15, 0.2) is 11.6 Å². The molecule has 0 spiro atoms. The van der Waals surface area contributed by atoms with E-state index in [1.807, 2.05) is 13.0 Å². The molecule has 0 N–H and O–H groups in total. The molecular weight excluding hydrogens is 246 g/mol. The highest BCUT2D eigenvalue weighted by Crippen LogP contribution is 2.48. The zero-order valence-corrected chi connectivity index (χ0v) is 12.0. The third kappa shape index (κ3) is 3.06. The smallest absolute Gasteiger partial charge is 0.238 e. The first-order valence-corrected chi connectivity index (χ1v) is 7.41. The number of halogens is 2. The molecule has 0 aromatic heterocycles. The molecule has 0 aromatic carbocycles. The Kier molecular flexibility index (Phi) is 4.42. The number of ketones is 1. The molecule has 0 saturated heterocycles. The summed E-state index contributed by atoms with van der Waals surface area (Å²) in [5.41, 5.74) is 1.27. The van der Waals surface area contributed by atoms with Crippen LogP contribution in [-0.4, -0.2) is 12.2 Å². The maximum Gasteiger partial charge on any atom is 0.238 e. The van der Waals surface area contributed by atoms with Gasteiger partial charge in [-0.3, -0.25) is 4.79 Å². The minimum absolute atomic E-state index is 0.00802. The van der Waals surface area contributed by atoms with Crippen LogP contribution in [0.5, 0.6) is 0 Å². The van der Waals surface area contributed by atoms with Gasteiger partial charge in [0, 0.05) is 12.8 Å². The lowest BCUT2D eigenvalue weighted by molar-refractivity contribution is -0.116. The van der Waals surface area contributed by atoms with Crippen LogP contribution < -0.4 is 0 Å². The van der Waals surface area contributed by atoms with Crippen LogP contribution in [0.2, 0.25) is 0 Å². The summed E-state index contributed by atoms with van der Waals surface area (Å²) in [5, 5.41) is 0. The van der Waals surface area contributed by atoms with E-state index in [9.17, 15) is 13.6 Å². The van der Waals surface area contributed by atoms with Crippen LogP contribution >= 0.6 is 0 Å². The monoisotopic (exact) mass is 270 g/mol. The minimum atomic E-state index is -2.20.